The van der Waals surface area contributed by atoms with Crippen molar-refractivity contribution in [2.45, 2.75) is 32.7 Å². The number of likely N-dealkylation sites (tertiary alicyclic amines) is 1. The SMILES string of the molecule is CCOc1ccccc1NC(=O)[C@H]1CCCN1C(=O)Nc1cccc(C(C)=O)c1. The Hall–Kier alpha value is -3.35. The van der Waals surface area contributed by atoms with Crippen molar-refractivity contribution >= 4 is 29.1 Å². The highest BCUT2D eigenvalue weighted by Crippen LogP contribution is 2.26. The van der Waals surface area contributed by atoms with Crippen molar-refractivity contribution < 1.29 is 19.1 Å². The molecule has 3 rings (SSSR count). The molecule has 0 bridgehead atoms. The van der Waals surface area contributed by atoms with Gasteiger partial charge in [-0.3, -0.25) is 9.59 Å². The van der Waals surface area contributed by atoms with E-state index in [1.165, 1.54) is 11.8 Å². The van der Waals surface area contributed by atoms with Gasteiger partial charge >= 0.3 is 6.03 Å². The molecule has 0 aliphatic carbocycles. The number of benzene rings is 2. The molecule has 2 aromatic rings. The number of para-hydroxylation sites is 2. The first kappa shape index (κ1) is 20.4. The summed E-state index contributed by atoms with van der Waals surface area (Å²) in [6.45, 7) is 4.33. The van der Waals surface area contributed by atoms with E-state index in [0.29, 0.717) is 42.3 Å². The van der Waals surface area contributed by atoms with Gasteiger partial charge in [-0.05, 0) is 51.0 Å². The topological polar surface area (TPSA) is 87.7 Å². The summed E-state index contributed by atoms with van der Waals surface area (Å²) in [5, 5.41) is 5.67. The molecule has 0 saturated carbocycles. The molecule has 0 radical (unpaired) electrons. The van der Waals surface area contributed by atoms with Crippen molar-refractivity contribution in [1.29, 1.82) is 0 Å². The molecule has 2 N–H and O–H groups in total. The molecule has 1 aliphatic rings. The summed E-state index contributed by atoms with van der Waals surface area (Å²) in [5.74, 6) is 0.271. The third-order valence-corrected chi connectivity index (χ3v) is 4.78. The van der Waals surface area contributed by atoms with E-state index in [9.17, 15) is 14.4 Å². The smallest absolute Gasteiger partial charge is 0.322 e. The molecule has 2 aromatic carbocycles. The minimum Gasteiger partial charge on any atom is -0.492 e. The lowest BCUT2D eigenvalue weighted by atomic mass is 10.1. The minimum absolute atomic E-state index is 0.0764. The van der Waals surface area contributed by atoms with Crippen LogP contribution in [0.2, 0.25) is 0 Å². The molecule has 1 heterocycles. The highest BCUT2D eigenvalue weighted by molar-refractivity contribution is 6.01. The quantitative estimate of drug-likeness (QED) is 0.726. The number of carbonyl (C=O) groups excluding carboxylic acids is 3. The van der Waals surface area contributed by atoms with Crippen molar-refractivity contribution in [1.82, 2.24) is 4.90 Å². The number of ketones is 1. The number of hydrogen-bond donors (Lipinski definition) is 2. The molecule has 1 atom stereocenters. The van der Waals surface area contributed by atoms with E-state index in [-0.39, 0.29) is 17.7 Å². The molecular formula is C22H25N3O4. The van der Waals surface area contributed by atoms with Gasteiger partial charge in [0.15, 0.2) is 5.78 Å². The number of rotatable bonds is 6. The number of nitrogens with one attached hydrogen (secondary N) is 2. The van der Waals surface area contributed by atoms with Crippen LogP contribution in [0, 0.1) is 0 Å². The average molecular weight is 395 g/mol. The Labute approximate surface area is 170 Å². The van der Waals surface area contributed by atoms with Gasteiger partial charge in [0.25, 0.3) is 0 Å². The molecule has 0 unspecified atom stereocenters. The van der Waals surface area contributed by atoms with Crippen molar-refractivity contribution in [3.8, 4) is 5.75 Å². The van der Waals surface area contributed by atoms with Gasteiger partial charge in [-0.15, -0.1) is 0 Å². The maximum Gasteiger partial charge on any atom is 0.322 e. The van der Waals surface area contributed by atoms with Crippen LogP contribution in [-0.4, -0.2) is 41.8 Å². The van der Waals surface area contributed by atoms with E-state index < -0.39 is 6.04 Å². The monoisotopic (exact) mass is 395 g/mol. The summed E-state index contributed by atoms with van der Waals surface area (Å²) < 4.78 is 5.55. The molecule has 152 valence electrons. The Balaban J connectivity index is 1.69. The summed E-state index contributed by atoms with van der Waals surface area (Å²) in [5.41, 5.74) is 1.63. The van der Waals surface area contributed by atoms with Crippen LogP contribution in [0.3, 0.4) is 0 Å². The predicted molar refractivity (Wildman–Crippen MR) is 111 cm³/mol. The normalized spacial score (nSPS) is 15.7. The molecule has 7 heteroatoms. The average Bonchev–Trinajstić information content (AvgIpc) is 3.20. The first-order valence-corrected chi connectivity index (χ1v) is 9.71. The largest absolute Gasteiger partial charge is 0.492 e. The first-order valence-electron chi connectivity index (χ1n) is 9.71. The van der Waals surface area contributed by atoms with E-state index in [0.717, 1.165) is 6.42 Å². The number of amides is 3. The summed E-state index contributed by atoms with van der Waals surface area (Å²) in [7, 11) is 0. The molecular weight excluding hydrogens is 370 g/mol. The van der Waals surface area contributed by atoms with Crippen LogP contribution in [0.15, 0.2) is 48.5 Å². The predicted octanol–water partition coefficient (Wildman–Crippen LogP) is 3.92. The number of anilines is 2. The third-order valence-electron chi connectivity index (χ3n) is 4.78. The van der Waals surface area contributed by atoms with E-state index >= 15 is 0 Å². The van der Waals surface area contributed by atoms with E-state index in [4.69, 9.17) is 4.74 Å². The molecule has 29 heavy (non-hydrogen) atoms. The molecule has 7 nitrogen and oxygen atoms in total. The molecule has 1 saturated heterocycles. The first-order chi connectivity index (χ1) is 14.0. The molecule has 1 fully saturated rings. The number of ether oxygens (including phenoxy) is 1. The second-order valence-electron chi connectivity index (χ2n) is 6.84. The fourth-order valence-electron chi connectivity index (χ4n) is 3.36. The van der Waals surface area contributed by atoms with Gasteiger partial charge in [0, 0.05) is 17.8 Å². The molecule has 0 spiro atoms. The van der Waals surface area contributed by atoms with Crippen LogP contribution in [0.1, 0.15) is 37.0 Å². The Bertz CT molecular complexity index is 912. The Kier molecular flexibility index (Phi) is 6.49. The van der Waals surface area contributed by atoms with Crippen LogP contribution in [-0.2, 0) is 4.79 Å². The van der Waals surface area contributed by atoms with E-state index in [1.807, 2.05) is 19.1 Å². The fraction of sp³-hybridized carbons (Fsp3) is 0.318. The summed E-state index contributed by atoms with van der Waals surface area (Å²) in [6.07, 6.45) is 1.33. The van der Waals surface area contributed by atoms with Gasteiger partial charge in [0.05, 0.1) is 12.3 Å². The summed E-state index contributed by atoms with van der Waals surface area (Å²) in [4.78, 5) is 38.7. The minimum atomic E-state index is -0.569. The Morgan fingerprint density at radius 3 is 2.66 bits per heavy atom. The standard InChI is InChI=1S/C22H25N3O4/c1-3-29-20-12-5-4-10-18(20)24-21(27)19-11-7-13-25(19)22(28)23-17-9-6-8-16(14-17)15(2)26/h4-6,8-10,12,14,19H,3,7,11,13H2,1-2H3,(H,23,28)(H,24,27)/t19-/m1/s1. The van der Waals surface area contributed by atoms with Crippen molar-refractivity contribution in [3.05, 3.63) is 54.1 Å². The lowest BCUT2D eigenvalue weighted by Crippen LogP contribution is -2.45. The molecule has 0 aromatic heterocycles. The van der Waals surface area contributed by atoms with Gasteiger partial charge in [-0.1, -0.05) is 24.3 Å². The Morgan fingerprint density at radius 1 is 1.10 bits per heavy atom. The van der Waals surface area contributed by atoms with Crippen LogP contribution >= 0.6 is 0 Å². The van der Waals surface area contributed by atoms with Gasteiger partial charge < -0.3 is 20.3 Å². The number of nitrogens with zero attached hydrogens (tertiary/aromatic N) is 1. The van der Waals surface area contributed by atoms with Gasteiger partial charge in [0.1, 0.15) is 11.8 Å². The van der Waals surface area contributed by atoms with Gasteiger partial charge in [-0.25, -0.2) is 4.79 Å². The van der Waals surface area contributed by atoms with Crippen molar-refractivity contribution in [3.63, 3.8) is 0 Å². The van der Waals surface area contributed by atoms with Crippen LogP contribution in [0.5, 0.6) is 5.75 Å². The zero-order chi connectivity index (χ0) is 20.8. The second-order valence-corrected chi connectivity index (χ2v) is 6.84. The number of carbonyl (C=O) groups is 3. The maximum absolute atomic E-state index is 12.8. The number of hydrogen-bond acceptors (Lipinski definition) is 4. The third kappa shape index (κ3) is 4.93. The van der Waals surface area contributed by atoms with Gasteiger partial charge in [-0.2, -0.15) is 0 Å². The van der Waals surface area contributed by atoms with Crippen molar-refractivity contribution in [2.75, 3.05) is 23.8 Å². The maximum atomic E-state index is 12.8. The highest BCUT2D eigenvalue weighted by Gasteiger charge is 2.34. The van der Waals surface area contributed by atoms with Gasteiger partial charge in [0.2, 0.25) is 5.91 Å². The lowest BCUT2D eigenvalue weighted by Gasteiger charge is -2.24. The number of urea groups is 1. The van der Waals surface area contributed by atoms with Crippen LogP contribution in [0.4, 0.5) is 16.2 Å². The molecule has 1 aliphatic heterocycles. The summed E-state index contributed by atoms with van der Waals surface area (Å²) in [6, 6.07) is 13.0. The molecule has 3 amide bonds. The summed E-state index contributed by atoms with van der Waals surface area (Å²) >= 11 is 0. The lowest BCUT2D eigenvalue weighted by molar-refractivity contribution is -0.119. The number of Topliss-reactive ketones (excluding diaryl/α,β-unsaturated/α-hetero) is 1. The second kappa shape index (κ2) is 9.23. The van der Waals surface area contributed by atoms with Crippen LogP contribution in [0.25, 0.3) is 0 Å². The zero-order valence-corrected chi connectivity index (χ0v) is 16.6. The zero-order valence-electron chi connectivity index (χ0n) is 16.6. The van der Waals surface area contributed by atoms with E-state index in [1.54, 1.807) is 36.4 Å². The Morgan fingerprint density at radius 2 is 1.90 bits per heavy atom. The van der Waals surface area contributed by atoms with E-state index in [2.05, 4.69) is 10.6 Å². The fourth-order valence-corrected chi connectivity index (χ4v) is 3.36. The van der Waals surface area contributed by atoms with Crippen LogP contribution < -0.4 is 15.4 Å². The highest BCUT2D eigenvalue weighted by atomic mass is 16.5. The van der Waals surface area contributed by atoms with Crippen molar-refractivity contribution in [2.24, 2.45) is 0 Å².